The SMILES string of the molecule is CCCCCCCCC(C(=O)O)C(CC)CCCCC. The first-order valence-electron chi connectivity index (χ1n) is 8.90. The molecule has 2 unspecified atom stereocenters. The van der Waals surface area contributed by atoms with Crippen LogP contribution in [-0.2, 0) is 4.79 Å². The van der Waals surface area contributed by atoms with Crippen molar-refractivity contribution in [3.8, 4) is 0 Å². The first kappa shape index (κ1) is 19.5. The number of carbonyl (C=O) groups is 1. The lowest BCUT2D eigenvalue weighted by Crippen LogP contribution is -2.23. The van der Waals surface area contributed by atoms with Gasteiger partial charge in [-0.1, -0.05) is 85.0 Å². The summed E-state index contributed by atoms with van der Waals surface area (Å²) in [5.74, 6) is -0.292. The minimum Gasteiger partial charge on any atom is -0.481 e. The fourth-order valence-corrected chi connectivity index (χ4v) is 3.05. The van der Waals surface area contributed by atoms with Crippen molar-refractivity contribution in [3.63, 3.8) is 0 Å². The summed E-state index contributed by atoms with van der Waals surface area (Å²) in [5.41, 5.74) is 0. The minimum atomic E-state index is -0.568. The normalized spacial score (nSPS) is 14.2. The van der Waals surface area contributed by atoms with Gasteiger partial charge in [-0.25, -0.2) is 0 Å². The summed E-state index contributed by atoms with van der Waals surface area (Å²) in [7, 11) is 0. The van der Waals surface area contributed by atoms with Crippen LogP contribution in [0.5, 0.6) is 0 Å². The second-order valence-corrected chi connectivity index (χ2v) is 6.17. The molecule has 120 valence electrons. The molecule has 0 bridgehead atoms. The first-order chi connectivity index (χ1) is 9.67. The van der Waals surface area contributed by atoms with Crippen LogP contribution in [0, 0.1) is 11.8 Å². The summed E-state index contributed by atoms with van der Waals surface area (Å²) in [5, 5.41) is 9.47. The zero-order valence-electron chi connectivity index (χ0n) is 14.0. The van der Waals surface area contributed by atoms with Crippen LogP contribution >= 0.6 is 0 Å². The Kier molecular flexibility index (Phi) is 13.1. The molecule has 0 aliphatic carbocycles. The van der Waals surface area contributed by atoms with E-state index in [2.05, 4.69) is 20.8 Å². The van der Waals surface area contributed by atoms with Gasteiger partial charge in [-0.3, -0.25) is 4.79 Å². The average molecular weight is 284 g/mol. The van der Waals surface area contributed by atoms with Crippen LogP contribution in [0.15, 0.2) is 0 Å². The maximum Gasteiger partial charge on any atom is 0.306 e. The molecule has 0 aromatic rings. The number of aliphatic carboxylic acids is 1. The van der Waals surface area contributed by atoms with Crippen LogP contribution in [0.4, 0.5) is 0 Å². The molecule has 0 saturated carbocycles. The van der Waals surface area contributed by atoms with E-state index in [1.807, 2.05) is 0 Å². The highest BCUT2D eigenvalue weighted by Crippen LogP contribution is 2.27. The summed E-state index contributed by atoms with van der Waals surface area (Å²) in [4.78, 5) is 11.5. The van der Waals surface area contributed by atoms with E-state index in [0.717, 1.165) is 25.7 Å². The quantitative estimate of drug-likeness (QED) is 0.394. The van der Waals surface area contributed by atoms with Crippen LogP contribution in [0.3, 0.4) is 0 Å². The number of carboxylic acid groups (broad SMARTS) is 1. The molecule has 0 aromatic heterocycles. The summed E-state index contributed by atoms with van der Waals surface area (Å²) in [6.07, 6.45) is 14.1. The Morgan fingerprint density at radius 2 is 1.30 bits per heavy atom. The maximum absolute atomic E-state index is 11.5. The van der Waals surface area contributed by atoms with Crippen molar-refractivity contribution in [3.05, 3.63) is 0 Å². The third-order valence-electron chi connectivity index (χ3n) is 4.46. The van der Waals surface area contributed by atoms with Gasteiger partial charge in [0.25, 0.3) is 0 Å². The number of unbranched alkanes of at least 4 members (excludes halogenated alkanes) is 7. The van der Waals surface area contributed by atoms with E-state index in [1.54, 1.807) is 0 Å². The Morgan fingerprint density at radius 1 is 0.800 bits per heavy atom. The van der Waals surface area contributed by atoms with Gasteiger partial charge in [0.2, 0.25) is 0 Å². The molecule has 0 spiro atoms. The second-order valence-electron chi connectivity index (χ2n) is 6.17. The van der Waals surface area contributed by atoms with Gasteiger partial charge in [0.1, 0.15) is 0 Å². The Bertz CT molecular complexity index is 225. The van der Waals surface area contributed by atoms with Crippen LogP contribution in [0.25, 0.3) is 0 Å². The Hall–Kier alpha value is -0.530. The van der Waals surface area contributed by atoms with Gasteiger partial charge >= 0.3 is 5.97 Å². The van der Waals surface area contributed by atoms with Crippen LogP contribution < -0.4 is 0 Å². The highest BCUT2D eigenvalue weighted by molar-refractivity contribution is 5.70. The highest BCUT2D eigenvalue weighted by atomic mass is 16.4. The van der Waals surface area contributed by atoms with E-state index in [1.165, 1.54) is 51.4 Å². The van der Waals surface area contributed by atoms with E-state index in [9.17, 15) is 9.90 Å². The number of hydrogen-bond acceptors (Lipinski definition) is 1. The molecule has 0 fully saturated rings. The fraction of sp³-hybridized carbons (Fsp3) is 0.944. The average Bonchev–Trinajstić information content (AvgIpc) is 2.43. The van der Waals surface area contributed by atoms with Crippen molar-refractivity contribution in [2.75, 3.05) is 0 Å². The number of carboxylic acids is 1. The van der Waals surface area contributed by atoms with Gasteiger partial charge in [-0.2, -0.15) is 0 Å². The number of rotatable bonds is 14. The molecule has 2 heteroatoms. The van der Waals surface area contributed by atoms with E-state index in [-0.39, 0.29) is 5.92 Å². The molecule has 0 saturated heterocycles. The topological polar surface area (TPSA) is 37.3 Å². The summed E-state index contributed by atoms with van der Waals surface area (Å²) in [6.45, 7) is 6.57. The van der Waals surface area contributed by atoms with E-state index in [0.29, 0.717) is 5.92 Å². The summed E-state index contributed by atoms with van der Waals surface area (Å²) < 4.78 is 0. The zero-order valence-corrected chi connectivity index (χ0v) is 14.0. The third-order valence-corrected chi connectivity index (χ3v) is 4.46. The Balaban J connectivity index is 4.01. The van der Waals surface area contributed by atoms with Gasteiger partial charge in [0, 0.05) is 0 Å². The van der Waals surface area contributed by atoms with E-state index < -0.39 is 5.97 Å². The lowest BCUT2D eigenvalue weighted by molar-refractivity contribution is -0.144. The predicted molar refractivity (Wildman–Crippen MR) is 87.0 cm³/mol. The molecular formula is C18H36O2. The molecule has 1 N–H and O–H groups in total. The van der Waals surface area contributed by atoms with Crippen molar-refractivity contribution in [1.82, 2.24) is 0 Å². The molecule has 2 nitrogen and oxygen atoms in total. The van der Waals surface area contributed by atoms with Crippen molar-refractivity contribution in [1.29, 1.82) is 0 Å². The summed E-state index contributed by atoms with van der Waals surface area (Å²) >= 11 is 0. The lowest BCUT2D eigenvalue weighted by atomic mass is 9.82. The van der Waals surface area contributed by atoms with Gasteiger partial charge in [0.15, 0.2) is 0 Å². The molecule has 20 heavy (non-hydrogen) atoms. The van der Waals surface area contributed by atoms with Gasteiger partial charge in [-0.05, 0) is 18.8 Å². The highest BCUT2D eigenvalue weighted by Gasteiger charge is 2.25. The molecule has 0 aliphatic heterocycles. The molecule has 0 amide bonds. The standard InChI is InChI=1S/C18H36O2/c1-4-7-9-10-11-13-15-17(18(19)20)16(6-3)14-12-8-5-2/h16-17H,4-15H2,1-3H3,(H,19,20). The first-order valence-corrected chi connectivity index (χ1v) is 8.90. The smallest absolute Gasteiger partial charge is 0.306 e. The molecule has 2 atom stereocenters. The largest absolute Gasteiger partial charge is 0.481 e. The molecule has 0 aliphatic rings. The van der Waals surface area contributed by atoms with Gasteiger partial charge < -0.3 is 5.11 Å². The van der Waals surface area contributed by atoms with E-state index >= 15 is 0 Å². The monoisotopic (exact) mass is 284 g/mol. The van der Waals surface area contributed by atoms with Crippen molar-refractivity contribution < 1.29 is 9.90 Å². The summed E-state index contributed by atoms with van der Waals surface area (Å²) in [6, 6.07) is 0. The fourth-order valence-electron chi connectivity index (χ4n) is 3.05. The Labute approximate surface area is 126 Å². The molecule has 0 rings (SSSR count). The second kappa shape index (κ2) is 13.5. The van der Waals surface area contributed by atoms with Crippen LogP contribution in [-0.4, -0.2) is 11.1 Å². The van der Waals surface area contributed by atoms with Crippen LogP contribution in [0.1, 0.15) is 97.8 Å². The zero-order chi connectivity index (χ0) is 15.2. The predicted octanol–water partition coefficient (Wildman–Crippen LogP) is 6.04. The maximum atomic E-state index is 11.5. The molecule has 0 heterocycles. The molecule has 0 aromatic carbocycles. The lowest BCUT2D eigenvalue weighted by Gasteiger charge is -2.22. The molecular weight excluding hydrogens is 248 g/mol. The molecule has 0 radical (unpaired) electrons. The van der Waals surface area contributed by atoms with Crippen molar-refractivity contribution >= 4 is 5.97 Å². The van der Waals surface area contributed by atoms with E-state index in [4.69, 9.17) is 0 Å². The van der Waals surface area contributed by atoms with Gasteiger partial charge in [0.05, 0.1) is 5.92 Å². The minimum absolute atomic E-state index is 0.108. The Morgan fingerprint density at radius 3 is 1.85 bits per heavy atom. The van der Waals surface area contributed by atoms with Crippen molar-refractivity contribution in [2.24, 2.45) is 11.8 Å². The van der Waals surface area contributed by atoms with Crippen molar-refractivity contribution in [2.45, 2.75) is 97.8 Å². The van der Waals surface area contributed by atoms with Crippen LogP contribution in [0.2, 0.25) is 0 Å². The number of hydrogen-bond donors (Lipinski definition) is 1. The van der Waals surface area contributed by atoms with Gasteiger partial charge in [-0.15, -0.1) is 0 Å². The third kappa shape index (κ3) is 9.39.